The van der Waals surface area contributed by atoms with Crippen molar-refractivity contribution in [1.82, 2.24) is 20.2 Å². The van der Waals surface area contributed by atoms with Gasteiger partial charge >= 0.3 is 5.97 Å². The van der Waals surface area contributed by atoms with Gasteiger partial charge in [0.2, 0.25) is 0 Å². The molecule has 1 unspecified atom stereocenters. The van der Waals surface area contributed by atoms with E-state index >= 15 is 0 Å². The number of hydrogen-bond acceptors (Lipinski definition) is 5. The lowest BCUT2D eigenvalue weighted by Gasteiger charge is -2.05. The van der Waals surface area contributed by atoms with Gasteiger partial charge < -0.3 is 5.11 Å². The third-order valence-electron chi connectivity index (χ3n) is 1.42. The molecule has 0 bridgehead atoms. The Morgan fingerprint density at radius 2 is 2.46 bits per heavy atom. The van der Waals surface area contributed by atoms with Crippen LogP contribution in [-0.2, 0) is 11.3 Å². The molecule has 1 N–H and O–H groups in total. The SMILES string of the molecule is [CH2]CC(S)c1nnnn1CC(=O)O. The number of thiol groups is 1. The molecule has 1 aromatic heterocycles. The average molecular weight is 201 g/mol. The lowest BCUT2D eigenvalue weighted by atomic mass is 10.3. The highest BCUT2D eigenvalue weighted by Crippen LogP contribution is 2.19. The van der Waals surface area contributed by atoms with Crippen molar-refractivity contribution in [2.45, 2.75) is 18.2 Å². The van der Waals surface area contributed by atoms with E-state index in [1.54, 1.807) is 0 Å². The smallest absolute Gasteiger partial charge is 0.325 e. The monoisotopic (exact) mass is 201 g/mol. The van der Waals surface area contributed by atoms with Crippen LogP contribution in [0.5, 0.6) is 0 Å². The fourth-order valence-corrected chi connectivity index (χ4v) is 1.00. The van der Waals surface area contributed by atoms with E-state index in [4.69, 9.17) is 5.11 Å². The van der Waals surface area contributed by atoms with Gasteiger partial charge in [0.25, 0.3) is 0 Å². The van der Waals surface area contributed by atoms with Crippen LogP contribution in [0.2, 0.25) is 0 Å². The van der Waals surface area contributed by atoms with E-state index in [0.717, 1.165) is 0 Å². The number of carboxylic acid groups (broad SMARTS) is 1. The Hall–Kier alpha value is -1.11. The summed E-state index contributed by atoms with van der Waals surface area (Å²) in [5, 5.41) is 18.8. The molecule has 6 nitrogen and oxygen atoms in total. The van der Waals surface area contributed by atoms with Gasteiger partial charge in [0, 0.05) is 0 Å². The molecule has 1 atom stereocenters. The molecule has 1 aromatic rings. The molecular weight excluding hydrogens is 192 g/mol. The predicted octanol–water partition coefficient (Wildman–Crippen LogP) is -0.0472. The molecule has 0 aliphatic heterocycles. The summed E-state index contributed by atoms with van der Waals surface area (Å²) in [7, 11) is 0. The Bertz CT molecular complexity index is 301. The molecule has 71 valence electrons. The molecule has 0 fully saturated rings. The van der Waals surface area contributed by atoms with Crippen molar-refractivity contribution < 1.29 is 9.90 Å². The molecule has 0 aromatic carbocycles. The van der Waals surface area contributed by atoms with Gasteiger partial charge in [0.05, 0.1) is 5.25 Å². The predicted molar refractivity (Wildman–Crippen MR) is 47.2 cm³/mol. The van der Waals surface area contributed by atoms with E-state index in [1.807, 2.05) is 0 Å². The Labute approximate surface area is 80.4 Å². The van der Waals surface area contributed by atoms with Gasteiger partial charge in [-0.2, -0.15) is 12.6 Å². The van der Waals surface area contributed by atoms with Crippen molar-refractivity contribution in [2.24, 2.45) is 0 Å². The highest BCUT2D eigenvalue weighted by atomic mass is 32.1. The van der Waals surface area contributed by atoms with E-state index < -0.39 is 5.97 Å². The van der Waals surface area contributed by atoms with E-state index in [1.165, 1.54) is 4.68 Å². The van der Waals surface area contributed by atoms with Crippen molar-refractivity contribution in [3.63, 3.8) is 0 Å². The van der Waals surface area contributed by atoms with Gasteiger partial charge in [-0.25, -0.2) is 4.68 Å². The fourth-order valence-electron chi connectivity index (χ4n) is 0.820. The molecule has 1 heterocycles. The molecule has 0 aliphatic rings. The zero-order valence-corrected chi connectivity index (χ0v) is 7.68. The van der Waals surface area contributed by atoms with Crippen molar-refractivity contribution in [3.8, 4) is 0 Å². The standard InChI is InChI=1S/C6H9N4O2S/c1-2-4(13)6-7-8-9-10(6)3-5(11)12/h4,13H,1-3H2,(H,11,12). The third-order valence-corrected chi connectivity index (χ3v) is 1.91. The average Bonchev–Trinajstić information content (AvgIpc) is 2.50. The van der Waals surface area contributed by atoms with Crippen LogP contribution >= 0.6 is 12.6 Å². The summed E-state index contributed by atoms with van der Waals surface area (Å²) in [6, 6.07) is 0. The first-order valence-corrected chi connectivity index (χ1v) is 4.12. The molecule has 13 heavy (non-hydrogen) atoms. The van der Waals surface area contributed by atoms with Crippen molar-refractivity contribution >= 4 is 18.6 Å². The highest BCUT2D eigenvalue weighted by molar-refractivity contribution is 7.80. The summed E-state index contributed by atoms with van der Waals surface area (Å²) in [5.41, 5.74) is 0. The molecule has 1 rings (SSSR count). The number of hydrogen-bond donors (Lipinski definition) is 2. The minimum Gasteiger partial charge on any atom is -0.480 e. The van der Waals surface area contributed by atoms with Gasteiger partial charge in [-0.3, -0.25) is 4.79 Å². The van der Waals surface area contributed by atoms with Crippen LogP contribution in [0.1, 0.15) is 17.5 Å². The van der Waals surface area contributed by atoms with E-state index in [9.17, 15) is 4.79 Å². The second kappa shape index (κ2) is 4.22. The number of nitrogens with zero attached hydrogens (tertiary/aromatic N) is 4. The molecule has 0 spiro atoms. The van der Waals surface area contributed by atoms with E-state index in [-0.39, 0.29) is 11.8 Å². The van der Waals surface area contributed by atoms with Crippen LogP contribution in [0.3, 0.4) is 0 Å². The molecule has 0 saturated heterocycles. The van der Waals surface area contributed by atoms with Crippen LogP contribution < -0.4 is 0 Å². The first-order chi connectivity index (χ1) is 6.15. The van der Waals surface area contributed by atoms with Crippen LogP contribution in [-0.4, -0.2) is 31.3 Å². The number of aromatic nitrogens is 4. The summed E-state index contributed by atoms with van der Waals surface area (Å²) in [5.74, 6) is -0.557. The summed E-state index contributed by atoms with van der Waals surface area (Å²) < 4.78 is 1.20. The Balaban J connectivity index is 2.82. The lowest BCUT2D eigenvalue weighted by Crippen LogP contribution is -2.14. The van der Waals surface area contributed by atoms with Crippen LogP contribution in [0, 0.1) is 6.92 Å². The topological polar surface area (TPSA) is 80.9 Å². The number of carbonyl (C=O) groups is 1. The Morgan fingerprint density at radius 1 is 1.77 bits per heavy atom. The van der Waals surface area contributed by atoms with Crippen LogP contribution in [0.4, 0.5) is 0 Å². The molecule has 0 amide bonds. The maximum absolute atomic E-state index is 10.4. The first kappa shape index (κ1) is 9.97. The molecular formula is C6H9N4O2S. The van der Waals surface area contributed by atoms with Gasteiger partial charge in [0.1, 0.15) is 6.54 Å². The van der Waals surface area contributed by atoms with E-state index in [2.05, 4.69) is 35.1 Å². The quantitative estimate of drug-likeness (QED) is 0.668. The number of rotatable bonds is 4. The van der Waals surface area contributed by atoms with Gasteiger partial charge in [-0.1, -0.05) is 6.92 Å². The number of carboxylic acids is 1. The van der Waals surface area contributed by atoms with Crippen LogP contribution in [0.15, 0.2) is 0 Å². The minimum absolute atomic E-state index is 0.227. The molecule has 0 aliphatic carbocycles. The summed E-state index contributed by atoms with van der Waals surface area (Å²) >= 11 is 4.16. The third kappa shape index (κ3) is 2.41. The zero-order chi connectivity index (χ0) is 9.84. The maximum atomic E-state index is 10.4. The normalized spacial score (nSPS) is 12.8. The molecule has 1 radical (unpaired) electrons. The molecule has 0 saturated carbocycles. The second-order valence-corrected chi connectivity index (χ2v) is 3.02. The van der Waals surface area contributed by atoms with Gasteiger partial charge in [-0.05, 0) is 16.8 Å². The van der Waals surface area contributed by atoms with Gasteiger partial charge in [0.15, 0.2) is 5.82 Å². The van der Waals surface area contributed by atoms with Crippen molar-refractivity contribution in [3.05, 3.63) is 12.7 Å². The zero-order valence-electron chi connectivity index (χ0n) is 6.79. The molecule has 7 heteroatoms. The lowest BCUT2D eigenvalue weighted by molar-refractivity contribution is -0.138. The summed E-state index contributed by atoms with van der Waals surface area (Å²) in [6.07, 6.45) is 0.503. The number of tetrazole rings is 1. The minimum atomic E-state index is -0.988. The van der Waals surface area contributed by atoms with Gasteiger partial charge in [-0.15, -0.1) is 5.10 Å². The summed E-state index contributed by atoms with van der Waals surface area (Å²) in [6.45, 7) is 3.38. The van der Waals surface area contributed by atoms with E-state index in [0.29, 0.717) is 12.2 Å². The summed E-state index contributed by atoms with van der Waals surface area (Å²) in [4.78, 5) is 10.4. The van der Waals surface area contributed by atoms with Crippen LogP contribution in [0.25, 0.3) is 0 Å². The number of aliphatic carboxylic acids is 1. The van der Waals surface area contributed by atoms with Crippen molar-refractivity contribution in [1.29, 1.82) is 0 Å². The first-order valence-electron chi connectivity index (χ1n) is 3.60. The van der Waals surface area contributed by atoms with Crippen molar-refractivity contribution in [2.75, 3.05) is 0 Å². The second-order valence-electron chi connectivity index (χ2n) is 2.39. The Morgan fingerprint density at radius 3 is 3.00 bits per heavy atom. The Kier molecular flexibility index (Phi) is 3.24. The fraction of sp³-hybridized carbons (Fsp3) is 0.500. The highest BCUT2D eigenvalue weighted by Gasteiger charge is 2.14. The maximum Gasteiger partial charge on any atom is 0.325 e. The largest absolute Gasteiger partial charge is 0.480 e.